The minimum Gasteiger partial charge on any atom is -0.626 e. The van der Waals surface area contributed by atoms with Crippen molar-refractivity contribution in [1.29, 1.82) is 0 Å². The zero-order valence-electron chi connectivity index (χ0n) is 53.4. The largest absolute Gasteiger partial charge is 0.726 e. The van der Waals surface area contributed by atoms with E-state index in [0.29, 0.717) is 91.2 Å². The van der Waals surface area contributed by atoms with Gasteiger partial charge in [-0.3, -0.25) is 0 Å². The minimum absolute atomic E-state index is 0.0577. The van der Waals surface area contributed by atoms with Gasteiger partial charge in [0.1, 0.15) is 17.2 Å². The third-order valence-electron chi connectivity index (χ3n) is 15.8. The molecule has 3 aromatic rings. The molecule has 472 valence electrons. The van der Waals surface area contributed by atoms with E-state index in [4.69, 9.17) is 42.7 Å². The quantitative estimate of drug-likeness (QED) is 0.0441. The molecule has 2 aliphatic rings. The summed E-state index contributed by atoms with van der Waals surface area (Å²) in [6, 6.07) is 11.5. The number of aromatic amines is 1. The van der Waals surface area contributed by atoms with E-state index in [-0.39, 0.29) is 17.2 Å². The number of rotatable bonds is 51. The van der Waals surface area contributed by atoms with Crippen LogP contribution in [0.5, 0.6) is 34.5 Å². The highest BCUT2D eigenvalue weighted by molar-refractivity contribution is 6.53. The first kappa shape index (κ1) is 69.7. The maximum atomic E-state index is 15.8. The van der Waals surface area contributed by atoms with Gasteiger partial charge in [-0.25, -0.2) is 4.99 Å². The zero-order valence-corrected chi connectivity index (χ0v) is 53.4. The van der Waals surface area contributed by atoms with Crippen LogP contribution in [0.4, 0.5) is 8.63 Å². The lowest BCUT2D eigenvalue weighted by atomic mass is 10.1. The monoisotopic (exact) mass is 1170 g/mol. The Hall–Kier alpha value is -5.07. The SMILES string of the molecule is CCCCCCCCOc1cc(C2=N/C(=C3/C=C(c4ccc(-c5cc(OCCCCCCCC)c(OCCCCCCCC)c(OCCCCCCCC)c5)[nH]4)O[B-](F)(F)O3)C=C2)cc(OCCCCCCCC)c1OCCCCCCCC. The summed E-state index contributed by atoms with van der Waals surface area (Å²) in [5, 5.41) is 0. The van der Waals surface area contributed by atoms with Crippen molar-refractivity contribution in [2.45, 2.75) is 273 Å². The second-order valence-electron chi connectivity index (χ2n) is 23.4. The lowest BCUT2D eigenvalue weighted by molar-refractivity contribution is 0.171. The highest BCUT2D eigenvalue weighted by atomic mass is 19.3. The first-order valence-corrected chi connectivity index (χ1v) is 34.2. The fourth-order valence-electron chi connectivity index (χ4n) is 10.7. The molecule has 1 aromatic heterocycles. The van der Waals surface area contributed by atoms with Crippen molar-refractivity contribution in [1.82, 2.24) is 4.98 Å². The van der Waals surface area contributed by atoms with Gasteiger partial charge in [0, 0.05) is 22.9 Å². The molecule has 13 heteroatoms. The molecule has 84 heavy (non-hydrogen) atoms. The van der Waals surface area contributed by atoms with Gasteiger partial charge < -0.3 is 51.3 Å². The van der Waals surface area contributed by atoms with Crippen LogP contribution >= 0.6 is 0 Å². The minimum atomic E-state index is -4.76. The van der Waals surface area contributed by atoms with E-state index in [0.717, 1.165) is 88.2 Å². The predicted molar refractivity (Wildman–Crippen MR) is 347 cm³/mol. The number of unbranched alkanes of at least 4 members (excludes halogenated alkanes) is 30. The topological polar surface area (TPSA) is 102 Å². The summed E-state index contributed by atoms with van der Waals surface area (Å²) >= 11 is 0. The van der Waals surface area contributed by atoms with Crippen LogP contribution < -0.4 is 28.4 Å². The molecular formula is C71H112BF2N2O8-. The lowest BCUT2D eigenvalue weighted by Gasteiger charge is -2.34. The molecule has 0 amide bonds. The van der Waals surface area contributed by atoms with Gasteiger partial charge in [-0.05, 0) is 87.1 Å². The van der Waals surface area contributed by atoms with Gasteiger partial charge in [0.2, 0.25) is 11.5 Å². The number of hydrogen-bond donors (Lipinski definition) is 1. The Morgan fingerprint density at radius 1 is 0.381 bits per heavy atom. The normalized spacial score (nSPS) is 14.5. The van der Waals surface area contributed by atoms with Crippen LogP contribution in [0.1, 0.15) is 284 Å². The number of H-pyrrole nitrogens is 1. The summed E-state index contributed by atoms with van der Waals surface area (Å²) in [5.41, 5.74) is 3.39. The van der Waals surface area contributed by atoms with Crippen LogP contribution in [0.25, 0.3) is 17.0 Å². The molecule has 2 aliphatic heterocycles. The van der Waals surface area contributed by atoms with E-state index in [1.54, 1.807) is 12.1 Å². The van der Waals surface area contributed by atoms with Gasteiger partial charge in [-0.2, -0.15) is 0 Å². The molecule has 0 saturated heterocycles. The highest BCUT2D eigenvalue weighted by Gasteiger charge is 2.39. The zero-order chi connectivity index (χ0) is 59.7. The number of nitrogens with zero attached hydrogens (tertiary/aromatic N) is 1. The molecule has 0 saturated carbocycles. The van der Waals surface area contributed by atoms with Crippen LogP contribution in [0, 0.1) is 0 Å². The fourth-order valence-corrected chi connectivity index (χ4v) is 10.7. The molecule has 2 aromatic carbocycles. The van der Waals surface area contributed by atoms with Crippen LogP contribution in [-0.2, 0) is 9.31 Å². The smallest absolute Gasteiger partial charge is 0.626 e. The fraction of sp³-hybridized carbons (Fsp3) is 0.676. The molecular weight excluding hydrogens is 1060 g/mol. The van der Waals surface area contributed by atoms with Gasteiger partial charge in [-0.1, -0.05) is 234 Å². The lowest BCUT2D eigenvalue weighted by Crippen LogP contribution is -2.34. The first-order chi connectivity index (χ1) is 41.2. The molecule has 0 bridgehead atoms. The van der Waals surface area contributed by atoms with Crippen molar-refractivity contribution >= 4 is 18.6 Å². The van der Waals surface area contributed by atoms with E-state index in [9.17, 15) is 0 Å². The summed E-state index contributed by atoms with van der Waals surface area (Å²) in [6.07, 6.45) is 46.3. The summed E-state index contributed by atoms with van der Waals surface area (Å²) in [7, 11) is -4.76. The molecule has 0 unspecified atom stereocenters. The second-order valence-corrected chi connectivity index (χ2v) is 23.4. The van der Waals surface area contributed by atoms with Crippen molar-refractivity contribution in [2.24, 2.45) is 4.99 Å². The number of aliphatic imine (C=N–C) groups is 1. The van der Waals surface area contributed by atoms with Crippen molar-refractivity contribution in [2.75, 3.05) is 39.6 Å². The molecule has 0 spiro atoms. The standard InChI is InChI=1S/C71H112BF2N2O8/c1-7-13-19-25-31-37-47-77-66-53-58(54-67(78-48-38-32-26-20-14-8-2)70(66)81-51-41-35-29-23-17-11-5)60-43-45-62(75-60)64-57-65(84-72(73,74)83-64)63-46-44-61(76-63)59-55-68(79-49-39-33-27-21-15-9-3)71(82-52-42-36-30-24-18-12-6)69(56-59)80-50-40-34-28-22-16-10-4/h43-46,53-57,75H,7-42,47-52H2,1-6H3/q-1/b65-63-. The van der Waals surface area contributed by atoms with Crippen molar-refractivity contribution in [3.8, 4) is 45.8 Å². The Kier molecular flexibility index (Phi) is 35.4. The van der Waals surface area contributed by atoms with Crippen LogP contribution in [0.15, 0.2) is 71.1 Å². The average molecular weight is 1170 g/mol. The Labute approximate surface area is 508 Å². The van der Waals surface area contributed by atoms with Crippen LogP contribution in [0.3, 0.4) is 0 Å². The molecule has 0 radical (unpaired) electrons. The van der Waals surface area contributed by atoms with E-state index in [1.165, 1.54) is 160 Å². The first-order valence-electron chi connectivity index (χ1n) is 34.2. The second kappa shape index (κ2) is 42.7. The number of halogens is 2. The predicted octanol–water partition coefficient (Wildman–Crippen LogP) is 22.2. The molecule has 0 fully saturated rings. The molecule has 10 nitrogen and oxygen atoms in total. The number of allylic oxidation sites excluding steroid dienone is 3. The number of aromatic nitrogens is 1. The van der Waals surface area contributed by atoms with E-state index in [1.807, 2.05) is 36.4 Å². The van der Waals surface area contributed by atoms with Gasteiger partial charge in [0.15, 0.2) is 23.0 Å². The molecule has 3 heterocycles. The maximum Gasteiger partial charge on any atom is 0.726 e. The third-order valence-corrected chi connectivity index (χ3v) is 15.8. The Bertz CT molecular complexity index is 2300. The molecule has 1 N–H and O–H groups in total. The van der Waals surface area contributed by atoms with Crippen molar-refractivity contribution in [3.63, 3.8) is 0 Å². The van der Waals surface area contributed by atoms with Crippen molar-refractivity contribution in [3.05, 3.63) is 77.3 Å². The average Bonchev–Trinajstić information content (AvgIpc) is 3.81. The van der Waals surface area contributed by atoms with E-state index in [2.05, 4.69) is 46.5 Å². The van der Waals surface area contributed by atoms with Gasteiger partial charge in [0.25, 0.3) is 0 Å². The van der Waals surface area contributed by atoms with Crippen LogP contribution in [-0.4, -0.2) is 57.4 Å². The van der Waals surface area contributed by atoms with Crippen LogP contribution in [0.2, 0.25) is 0 Å². The summed E-state index contributed by atoms with van der Waals surface area (Å²) in [4.78, 5) is 8.33. The summed E-state index contributed by atoms with van der Waals surface area (Å²) in [5.74, 6) is 3.53. The Morgan fingerprint density at radius 3 is 1.07 bits per heavy atom. The number of ether oxygens (including phenoxy) is 6. The van der Waals surface area contributed by atoms with Crippen molar-refractivity contribution < 1.29 is 46.4 Å². The van der Waals surface area contributed by atoms with Gasteiger partial charge in [0.05, 0.1) is 51.0 Å². The Morgan fingerprint density at radius 2 is 0.702 bits per heavy atom. The van der Waals surface area contributed by atoms with Gasteiger partial charge >= 0.3 is 7.11 Å². The van der Waals surface area contributed by atoms with Gasteiger partial charge in [-0.15, -0.1) is 0 Å². The molecule has 5 rings (SSSR count). The van der Waals surface area contributed by atoms with E-state index < -0.39 is 7.11 Å². The molecule has 0 atom stereocenters. The summed E-state index contributed by atoms with van der Waals surface area (Å²) < 4.78 is 81.8. The molecule has 0 aliphatic carbocycles. The Balaban J connectivity index is 1.46. The number of nitrogens with one attached hydrogen (secondary N) is 1. The number of hydrogen-bond acceptors (Lipinski definition) is 9. The summed E-state index contributed by atoms with van der Waals surface area (Å²) in [6.45, 7) is 16.7. The third kappa shape index (κ3) is 26.7. The number of benzene rings is 2. The maximum absolute atomic E-state index is 15.8. The highest BCUT2D eigenvalue weighted by Crippen LogP contribution is 2.44. The van der Waals surface area contributed by atoms with E-state index >= 15 is 8.63 Å².